The van der Waals surface area contributed by atoms with Gasteiger partial charge >= 0.3 is 5.91 Å². The number of Topliss-reactive ketones (excluding diaryl/α,β-unsaturated/α-hetero) is 1. The fourth-order valence-corrected chi connectivity index (χ4v) is 6.73. The SMILES string of the molecule is CCOc1cc(C2C(=C(O)c3ccncc3)C(=O)C(=O)N2c2nnc(SCc3ccccc3)s2)ccc1OCc1ccccc1. The van der Waals surface area contributed by atoms with Gasteiger partial charge in [-0.3, -0.25) is 19.5 Å². The fourth-order valence-electron chi connectivity index (χ4n) is 4.91. The van der Waals surface area contributed by atoms with E-state index in [4.69, 9.17) is 9.47 Å². The minimum Gasteiger partial charge on any atom is -0.507 e. The highest BCUT2D eigenvalue weighted by Crippen LogP contribution is 2.45. The van der Waals surface area contributed by atoms with E-state index >= 15 is 0 Å². The Morgan fingerprint density at radius 3 is 2.31 bits per heavy atom. The molecule has 1 fully saturated rings. The van der Waals surface area contributed by atoms with Gasteiger partial charge in [0.25, 0.3) is 5.78 Å². The molecular weight excluding hydrogens is 609 g/mol. The zero-order valence-corrected chi connectivity index (χ0v) is 25.8. The number of anilines is 1. The van der Waals surface area contributed by atoms with Crippen molar-refractivity contribution in [1.29, 1.82) is 0 Å². The maximum Gasteiger partial charge on any atom is 0.301 e. The number of thioether (sulfide) groups is 1. The number of aliphatic hydroxyl groups is 1. The number of carbonyl (C=O) groups is 2. The van der Waals surface area contributed by atoms with Gasteiger partial charge in [0.15, 0.2) is 15.8 Å². The van der Waals surface area contributed by atoms with E-state index in [2.05, 4.69) is 15.2 Å². The van der Waals surface area contributed by atoms with Crippen molar-refractivity contribution < 1.29 is 24.2 Å². The van der Waals surface area contributed by atoms with Crippen molar-refractivity contribution in [2.75, 3.05) is 11.5 Å². The summed E-state index contributed by atoms with van der Waals surface area (Å²) in [5.74, 6) is -0.335. The van der Waals surface area contributed by atoms with Gasteiger partial charge in [-0.2, -0.15) is 0 Å². The van der Waals surface area contributed by atoms with Gasteiger partial charge < -0.3 is 14.6 Å². The molecule has 3 aromatic carbocycles. The summed E-state index contributed by atoms with van der Waals surface area (Å²) in [4.78, 5) is 32.6. The molecular formula is C34H28N4O5S2. The van der Waals surface area contributed by atoms with Crippen LogP contribution in [0.5, 0.6) is 11.5 Å². The van der Waals surface area contributed by atoms with Crippen molar-refractivity contribution in [2.45, 2.75) is 29.7 Å². The van der Waals surface area contributed by atoms with E-state index in [1.165, 1.54) is 40.4 Å². The second-order valence-corrected chi connectivity index (χ2v) is 12.1. The Hall–Kier alpha value is -5.00. The molecule has 1 saturated heterocycles. The third-order valence-corrected chi connectivity index (χ3v) is 9.15. The maximum absolute atomic E-state index is 13.7. The molecule has 3 heterocycles. The van der Waals surface area contributed by atoms with Crippen molar-refractivity contribution in [3.63, 3.8) is 0 Å². The summed E-state index contributed by atoms with van der Waals surface area (Å²) in [6, 6.07) is 27.1. The minimum atomic E-state index is -1.000. The molecule has 0 bridgehead atoms. The second-order valence-electron chi connectivity index (χ2n) is 9.94. The third-order valence-electron chi connectivity index (χ3n) is 7.03. The van der Waals surface area contributed by atoms with Crippen LogP contribution < -0.4 is 14.4 Å². The Balaban J connectivity index is 1.39. The lowest BCUT2D eigenvalue weighted by atomic mass is 9.95. The number of ketones is 1. The fraction of sp³-hybridized carbons (Fsp3) is 0.147. The summed E-state index contributed by atoms with van der Waals surface area (Å²) in [5, 5.41) is 20.3. The minimum absolute atomic E-state index is 0.0692. The Kier molecular flexibility index (Phi) is 9.18. The van der Waals surface area contributed by atoms with Crippen LogP contribution in [0.1, 0.15) is 35.2 Å². The number of amides is 1. The number of pyridine rings is 1. The molecule has 0 spiro atoms. The number of nitrogens with zero attached hydrogens (tertiary/aromatic N) is 4. The molecule has 2 aromatic heterocycles. The lowest BCUT2D eigenvalue weighted by Crippen LogP contribution is -2.29. The lowest BCUT2D eigenvalue weighted by Gasteiger charge is -2.23. The van der Waals surface area contributed by atoms with Crippen LogP contribution in [0.15, 0.2) is 113 Å². The number of hydrogen-bond donors (Lipinski definition) is 1. The van der Waals surface area contributed by atoms with E-state index in [9.17, 15) is 14.7 Å². The molecule has 0 aliphatic carbocycles. The highest BCUT2D eigenvalue weighted by molar-refractivity contribution is 8.00. The first kappa shape index (κ1) is 30.0. The number of carbonyl (C=O) groups excluding carboxylic acids is 2. The summed E-state index contributed by atoms with van der Waals surface area (Å²) in [7, 11) is 0. The average Bonchev–Trinajstić information content (AvgIpc) is 3.66. The van der Waals surface area contributed by atoms with Crippen LogP contribution in [0.25, 0.3) is 5.76 Å². The molecule has 11 heteroatoms. The van der Waals surface area contributed by atoms with Crippen LogP contribution in [0.2, 0.25) is 0 Å². The Morgan fingerprint density at radius 1 is 0.889 bits per heavy atom. The van der Waals surface area contributed by atoms with E-state index in [0.717, 1.165) is 11.1 Å². The molecule has 6 rings (SSSR count). The van der Waals surface area contributed by atoms with Crippen molar-refractivity contribution in [2.24, 2.45) is 0 Å². The average molecular weight is 637 g/mol. The zero-order valence-electron chi connectivity index (χ0n) is 24.2. The van der Waals surface area contributed by atoms with Gasteiger partial charge in [-0.25, -0.2) is 0 Å². The Bertz CT molecular complexity index is 1830. The first-order valence-corrected chi connectivity index (χ1v) is 16.0. The van der Waals surface area contributed by atoms with Gasteiger partial charge in [0, 0.05) is 23.7 Å². The molecule has 1 aliphatic rings. The van der Waals surface area contributed by atoms with E-state index in [1.807, 2.05) is 67.6 Å². The predicted molar refractivity (Wildman–Crippen MR) is 173 cm³/mol. The first-order chi connectivity index (χ1) is 22.0. The van der Waals surface area contributed by atoms with Crippen molar-refractivity contribution in [1.82, 2.24) is 15.2 Å². The summed E-state index contributed by atoms with van der Waals surface area (Å²) in [6.45, 7) is 2.55. The van der Waals surface area contributed by atoms with Gasteiger partial charge in [0.05, 0.1) is 18.2 Å². The third kappa shape index (κ3) is 6.59. The molecule has 1 amide bonds. The van der Waals surface area contributed by atoms with Gasteiger partial charge in [0.1, 0.15) is 12.4 Å². The maximum atomic E-state index is 13.7. The van der Waals surface area contributed by atoms with Gasteiger partial charge in [-0.1, -0.05) is 89.8 Å². The standard InChI is InChI=1S/C34H28N4O5S2/c1-2-42-27-19-25(13-14-26(27)43-20-22-9-5-3-6-10-22)29-28(30(39)24-15-17-35-18-16-24)31(40)32(41)38(29)33-36-37-34(45-33)44-21-23-11-7-4-8-12-23/h3-19,29,39H,2,20-21H2,1H3. The largest absolute Gasteiger partial charge is 0.507 e. The summed E-state index contributed by atoms with van der Waals surface area (Å²) in [5.41, 5.74) is 2.94. The van der Waals surface area contributed by atoms with Gasteiger partial charge in [-0.05, 0) is 47.9 Å². The highest BCUT2D eigenvalue weighted by atomic mass is 32.2. The number of ether oxygens (including phenoxy) is 2. The number of hydrogen-bond acceptors (Lipinski definition) is 10. The van der Waals surface area contributed by atoms with Crippen LogP contribution in [-0.4, -0.2) is 38.6 Å². The number of rotatable bonds is 11. The van der Waals surface area contributed by atoms with Crippen LogP contribution in [0.4, 0.5) is 5.13 Å². The highest BCUT2D eigenvalue weighted by Gasteiger charge is 2.48. The van der Waals surface area contributed by atoms with Crippen molar-refractivity contribution in [3.05, 3.63) is 131 Å². The number of benzene rings is 3. The van der Waals surface area contributed by atoms with Crippen LogP contribution in [0.3, 0.4) is 0 Å². The van der Waals surface area contributed by atoms with Crippen LogP contribution in [-0.2, 0) is 21.9 Å². The second kappa shape index (κ2) is 13.7. The summed E-state index contributed by atoms with van der Waals surface area (Å²) in [6.07, 6.45) is 3.01. The Morgan fingerprint density at radius 2 is 1.60 bits per heavy atom. The van der Waals surface area contributed by atoms with Crippen LogP contribution >= 0.6 is 23.1 Å². The number of aromatic nitrogens is 3. The summed E-state index contributed by atoms with van der Waals surface area (Å²) >= 11 is 2.70. The van der Waals surface area contributed by atoms with Crippen LogP contribution in [0, 0.1) is 0 Å². The number of aliphatic hydroxyl groups excluding tert-OH is 1. The molecule has 1 unspecified atom stereocenters. The van der Waals surface area contributed by atoms with Crippen molar-refractivity contribution >= 4 is 45.7 Å². The topological polar surface area (TPSA) is 115 Å². The van der Waals surface area contributed by atoms with Gasteiger partial charge in [0.2, 0.25) is 5.13 Å². The molecule has 45 heavy (non-hydrogen) atoms. The van der Waals surface area contributed by atoms with Crippen molar-refractivity contribution in [3.8, 4) is 11.5 Å². The zero-order chi connectivity index (χ0) is 31.2. The smallest absolute Gasteiger partial charge is 0.301 e. The van der Waals surface area contributed by atoms with E-state index in [0.29, 0.717) is 45.9 Å². The molecule has 1 N–H and O–H groups in total. The van der Waals surface area contributed by atoms with E-state index in [-0.39, 0.29) is 16.5 Å². The monoisotopic (exact) mass is 636 g/mol. The lowest BCUT2D eigenvalue weighted by molar-refractivity contribution is -0.132. The molecule has 1 atom stereocenters. The quantitative estimate of drug-likeness (QED) is 0.0548. The molecule has 9 nitrogen and oxygen atoms in total. The van der Waals surface area contributed by atoms with E-state index < -0.39 is 17.7 Å². The molecule has 226 valence electrons. The molecule has 0 saturated carbocycles. The molecule has 5 aromatic rings. The summed E-state index contributed by atoms with van der Waals surface area (Å²) < 4.78 is 12.7. The molecule has 1 aliphatic heterocycles. The normalized spacial score (nSPS) is 15.8. The van der Waals surface area contributed by atoms with Gasteiger partial charge in [-0.15, -0.1) is 10.2 Å². The van der Waals surface area contributed by atoms with E-state index in [1.54, 1.807) is 30.3 Å². The Labute approximate surface area is 268 Å². The first-order valence-electron chi connectivity index (χ1n) is 14.2. The predicted octanol–water partition coefficient (Wildman–Crippen LogP) is 6.83. The molecule has 0 radical (unpaired) electrons.